The largest absolute Gasteiger partial charge is 0.479 e. The first-order valence-corrected chi connectivity index (χ1v) is 7.70. The lowest BCUT2D eigenvalue weighted by molar-refractivity contribution is -0.150. The molecule has 2 atom stereocenters. The highest BCUT2D eigenvalue weighted by Crippen LogP contribution is 2.25. The third-order valence-corrected chi connectivity index (χ3v) is 3.73. The predicted octanol–water partition coefficient (Wildman–Crippen LogP) is 2.70. The number of carboxylic acids is 1. The fourth-order valence-electron chi connectivity index (χ4n) is 2.21. The molecule has 0 spiro atoms. The normalized spacial score (nSPS) is 14.9. The minimum atomic E-state index is -1.43. The van der Waals surface area contributed by atoms with E-state index in [-0.39, 0.29) is 6.42 Å². The summed E-state index contributed by atoms with van der Waals surface area (Å²) in [6.45, 7) is 5.90. The van der Waals surface area contributed by atoms with Gasteiger partial charge in [-0.2, -0.15) is 0 Å². The van der Waals surface area contributed by atoms with Gasteiger partial charge in [0.2, 0.25) is 5.91 Å². The highest BCUT2D eigenvalue weighted by Gasteiger charge is 2.41. The Morgan fingerprint density at radius 1 is 1.27 bits per heavy atom. The molecule has 0 radical (unpaired) electrons. The van der Waals surface area contributed by atoms with E-state index in [4.69, 9.17) is 4.74 Å². The van der Waals surface area contributed by atoms with Crippen LogP contribution < -0.4 is 5.32 Å². The zero-order chi connectivity index (χ0) is 16.6. The second-order valence-electron chi connectivity index (χ2n) is 5.29. The Labute approximate surface area is 131 Å². The Kier molecular flexibility index (Phi) is 7.05. The lowest BCUT2D eigenvalue weighted by Crippen LogP contribution is -2.54. The Morgan fingerprint density at radius 2 is 1.91 bits per heavy atom. The second-order valence-corrected chi connectivity index (χ2v) is 5.29. The topological polar surface area (TPSA) is 75.6 Å². The maximum Gasteiger partial charge on any atom is 0.334 e. The quantitative estimate of drug-likeness (QED) is 0.688. The van der Waals surface area contributed by atoms with Gasteiger partial charge in [-0.1, -0.05) is 50.6 Å². The number of rotatable bonds is 9. The van der Waals surface area contributed by atoms with Crippen molar-refractivity contribution in [3.05, 3.63) is 35.9 Å². The lowest BCUT2D eigenvalue weighted by Gasteiger charge is -2.31. The van der Waals surface area contributed by atoms with Crippen LogP contribution in [0.2, 0.25) is 0 Å². The molecule has 2 unspecified atom stereocenters. The second kappa shape index (κ2) is 8.54. The number of hydrogen-bond donors (Lipinski definition) is 2. The van der Waals surface area contributed by atoms with Crippen LogP contribution in [0.1, 0.15) is 45.6 Å². The Morgan fingerprint density at radius 3 is 2.41 bits per heavy atom. The first-order valence-electron chi connectivity index (χ1n) is 7.70. The van der Waals surface area contributed by atoms with Crippen molar-refractivity contribution in [3.8, 4) is 0 Å². The summed E-state index contributed by atoms with van der Waals surface area (Å²) in [4.78, 5) is 24.1. The van der Waals surface area contributed by atoms with Crippen molar-refractivity contribution in [2.75, 3.05) is 6.61 Å². The number of nitrogens with one attached hydrogen (secondary N) is 1. The van der Waals surface area contributed by atoms with E-state index in [1.165, 1.54) is 0 Å². The van der Waals surface area contributed by atoms with Crippen molar-refractivity contribution in [1.29, 1.82) is 0 Å². The van der Waals surface area contributed by atoms with Crippen LogP contribution in [0.15, 0.2) is 30.3 Å². The lowest BCUT2D eigenvalue weighted by atomic mass is 9.87. The molecule has 5 nitrogen and oxygen atoms in total. The first-order chi connectivity index (χ1) is 10.5. The number of unbranched alkanes of at least 4 members (excludes halogenated alkanes) is 1. The maximum absolute atomic E-state index is 12.3. The van der Waals surface area contributed by atoms with Crippen LogP contribution in [-0.4, -0.2) is 29.7 Å². The van der Waals surface area contributed by atoms with Gasteiger partial charge in [0.1, 0.15) is 6.10 Å². The molecular weight excluding hydrogens is 282 g/mol. The number of amides is 1. The summed E-state index contributed by atoms with van der Waals surface area (Å²) in [7, 11) is 0. The number of benzene rings is 1. The molecule has 0 heterocycles. The van der Waals surface area contributed by atoms with E-state index >= 15 is 0 Å². The molecule has 122 valence electrons. The molecule has 0 aromatic heterocycles. The standard InChI is InChI=1S/C17H25NO4/c1-4-6-12-22-13(3)15(19)18-17(5-2,16(20)21)14-10-8-7-9-11-14/h7-11,13H,4-6,12H2,1-3H3,(H,18,19)(H,20,21). The van der Waals surface area contributed by atoms with Gasteiger partial charge in [-0.15, -0.1) is 0 Å². The number of carbonyl (C=O) groups is 2. The predicted molar refractivity (Wildman–Crippen MR) is 84.5 cm³/mol. The third kappa shape index (κ3) is 4.31. The summed E-state index contributed by atoms with van der Waals surface area (Å²) in [5, 5.41) is 12.3. The monoisotopic (exact) mass is 307 g/mol. The SMILES string of the molecule is CCCCOC(C)C(=O)NC(CC)(C(=O)O)c1ccccc1. The van der Waals surface area contributed by atoms with Crippen molar-refractivity contribution < 1.29 is 19.4 Å². The van der Waals surface area contributed by atoms with Crippen LogP contribution in [0.25, 0.3) is 0 Å². The van der Waals surface area contributed by atoms with Gasteiger partial charge in [-0.25, -0.2) is 4.79 Å². The van der Waals surface area contributed by atoms with E-state index in [2.05, 4.69) is 5.32 Å². The maximum atomic E-state index is 12.3. The van der Waals surface area contributed by atoms with Crippen molar-refractivity contribution in [2.24, 2.45) is 0 Å². The number of carbonyl (C=O) groups excluding carboxylic acids is 1. The van der Waals surface area contributed by atoms with Crippen LogP contribution in [0, 0.1) is 0 Å². The molecule has 5 heteroatoms. The van der Waals surface area contributed by atoms with Gasteiger partial charge < -0.3 is 15.2 Å². The third-order valence-electron chi connectivity index (χ3n) is 3.73. The van der Waals surface area contributed by atoms with E-state index < -0.39 is 23.5 Å². The van der Waals surface area contributed by atoms with Gasteiger partial charge >= 0.3 is 5.97 Å². The Hall–Kier alpha value is -1.88. The minimum absolute atomic E-state index is 0.250. The average Bonchev–Trinajstić information content (AvgIpc) is 2.53. The summed E-state index contributed by atoms with van der Waals surface area (Å²) in [5.74, 6) is -1.49. The van der Waals surface area contributed by atoms with Crippen molar-refractivity contribution in [3.63, 3.8) is 0 Å². The van der Waals surface area contributed by atoms with Gasteiger partial charge in [0.15, 0.2) is 5.54 Å². The molecule has 0 aliphatic heterocycles. The molecule has 22 heavy (non-hydrogen) atoms. The molecule has 2 N–H and O–H groups in total. The summed E-state index contributed by atoms with van der Waals surface area (Å²) in [6.07, 6.45) is 1.42. The Bertz CT molecular complexity index is 489. The fraction of sp³-hybridized carbons (Fsp3) is 0.529. The Balaban J connectivity index is 2.91. The van der Waals surface area contributed by atoms with Crippen molar-refractivity contribution >= 4 is 11.9 Å². The van der Waals surface area contributed by atoms with Gasteiger partial charge in [0, 0.05) is 6.61 Å². The molecule has 1 aromatic carbocycles. The van der Waals surface area contributed by atoms with E-state index in [0.717, 1.165) is 12.8 Å². The van der Waals surface area contributed by atoms with Gasteiger partial charge in [0.05, 0.1) is 0 Å². The first kappa shape index (κ1) is 18.2. The zero-order valence-corrected chi connectivity index (χ0v) is 13.5. The molecule has 0 saturated carbocycles. The van der Waals surface area contributed by atoms with Crippen LogP contribution in [0.3, 0.4) is 0 Å². The van der Waals surface area contributed by atoms with Crippen LogP contribution in [0.5, 0.6) is 0 Å². The van der Waals surface area contributed by atoms with Crippen molar-refractivity contribution in [1.82, 2.24) is 5.32 Å². The van der Waals surface area contributed by atoms with Crippen molar-refractivity contribution in [2.45, 2.75) is 51.7 Å². The number of aliphatic carboxylic acids is 1. The molecule has 0 aliphatic carbocycles. The van der Waals surface area contributed by atoms with Gasteiger partial charge in [0.25, 0.3) is 0 Å². The van der Waals surface area contributed by atoms with Crippen LogP contribution >= 0.6 is 0 Å². The molecule has 0 saturated heterocycles. The summed E-state index contributed by atoms with van der Waals surface area (Å²) in [6, 6.07) is 8.75. The smallest absolute Gasteiger partial charge is 0.334 e. The number of hydrogen-bond acceptors (Lipinski definition) is 3. The van der Waals surface area contributed by atoms with E-state index in [9.17, 15) is 14.7 Å². The summed E-state index contributed by atoms with van der Waals surface area (Å²) < 4.78 is 5.45. The summed E-state index contributed by atoms with van der Waals surface area (Å²) >= 11 is 0. The molecule has 1 aromatic rings. The number of carboxylic acid groups (broad SMARTS) is 1. The van der Waals surface area contributed by atoms with E-state index in [0.29, 0.717) is 12.2 Å². The minimum Gasteiger partial charge on any atom is -0.479 e. The molecule has 0 fully saturated rings. The van der Waals surface area contributed by atoms with Crippen LogP contribution in [0.4, 0.5) is 0 Å². The summed E-state index contributed by atoms with van der Waals surface area (Å²) in [5.41, 5.74) is -0.875. The van der Waals surface area contributed by atoms with E-state index in [1.807, 2.05) is 13.0 Å². The molecule has 1 amide bonds. The molecular formula is C17H25NO4. The molecule has 0 bridgehead atoms. The van der Waals surface area contributed by atoms with E-state index in [1.54, 1.807) is 38.1 Å². The number of ether oxygens (including phenoxy) is 1. The van der Waals surface area contributed by atoms with Gasteiger partial charge in [-0.05, 0) is 25.3 Å². The molecule has 0 aliphatic rings. The molecule has 1 rings (SSSR count). The zero-order valence-electron chi connectivity index (χ0n) is 13.5. The van der Waals surface area contributed by atoms with Gasteiger partial charge in [-0.3, -0.25) is 4.79 Å². The fourth-order valence-corrected chi connectivity index (χ4v) is 2.21. The average molecular weight is 307 g/mol. The highest BCUT2D eigenvalue weighted by atomic mass is 16.5. The highest BCUT2D eigenvalue weighted by molar-refractivity contribution is 5.89. The van der Waals surface area contributed by atoms with Crippen LogP contribution in [-0.2, 0) is 19.9 Å².